The largest absolute Gasteiger partial charge is 0.493 e. The van der Waals surface area contributed by atoms with E-state index in [1.165, 1.54) is 34.2 Å². The molecule has 6 nitrogen and oxygen atoms in total. The first-order chi connectivity index (χ1) is 15.2. The van der Waals surface area contributed by atoms with Gasteiger partial charge < -0.3 is 14.4 Å². The Morgan fingerprint density at radius 2 is 1.87 bits per heavy atom. The van der Waals surface area contributed by atoms with Gasteiger partial charge in [0.25, 0.3) is 0 Å². The van der Waals surface area contributed by atoms with E-state index in [1.807, 2.05) is 17.4 Å². The molecule has 1 aliphatic heterocycles. The molecule has 1 aromatic carbocycles. The lowest BCUT2D eigenvalue weighted by molar-refractivity contribution is 0.249. The first kappa shape index (κ1) is 20.5. The standard InChI is InChI=1S/C24H30N4O2S/c1-16-4-6-18-21(12-16)31-24-22(18)23(25-15-26-24)28-10-8-27(9-11-28)14-17-5-7-19(29-2)20(13-17)30-3/h5,7,13,15-16H,4,6,8-12,14H2,1-3H3. The van der Waals surface area contributed by atoms with Crippen LogP contribution in [0, 0.1) is 5.92 Å². The molecule has 0 spiro atoms. The summed E-state index contributed by atoms with van der Waals surface area (Å²) in [5, 5.41) is 1.32. The van der Waals surface area contributed by atoms with Crippen molar-refractivity contribution in [1.29, 1.82) is 0 Å². The molecule has 3 heterocycles. The highest BCUT2D eigenvalue weighted by Crippen LogP contribution is 2.40. The molecule has 0 radical (unpaired) electrons. The second kappa shape index (κ2) is 8.63. The van der Waals surface area contributed by atoms with Gasteiger partial charge in [0.15, 0.2) is 11.5 Å². The van der Waals surface area contributed by atoms with Crippen molar-refractivity contribution < 1.29 is 9.47 Å². The molecule has 0 amide bonds. The second-order valence-corrected chi connectivity index (χ2v) is 9.77. The van der Waals surface area contributed by atoms with Crippen LogP contribution in [0.4, 0.5) is 5.82 Å². The molecule has 2 aromatic heterocycles. The van der Waals surface area contributed by atoms with Crippen LogP contribution in [0.15, 0.2) is 24.5 Å². The summed E-state index contributed by atoms with van der Waals surface area (Å²) in [6, 6.07) is 6.20. The van der Waals surface area contributed by atoms with E-state index >= 15 is 0 Å². The number of thiophene rings is 1. The molecule has 2 aliphatic rings. The van der Waals surface area contributed by atoms with Crippen molar-refractivity contribution in [2.24, 2.45) is 5.92 Å². The Balaban J connectivity index is 1.31. The van der Waals surface area contributed by atoms with E-state index in [1.54, 1.807) is 20.5 Å². The van der Waals surface area contributed by atoms with Crippen LogP contribution < -0.4 is 14.4 Å². The van der Waals surface area contributed by atoms with Crippen LogP contribution in [0.1, 0.15) is 29.3 Å². The summed E-state index contributed by atoms with van der Waals surface area (Å²) in [5.74, 6) is 3.48. The van der Waals surface area contributed by atoms with Crippen LogP contribution in [0.3, 0.4) is 0 Å². The maximum absolute atomic E-state index is 5.46. The molecule has 7 heteroatoms. The van der Waals surface area contributed by atoms with Crippen LogP contribution in [0.25, 0.3) is 10.2 Å². The Bertz CT molecular complexity index is 1070. The third kappa shape index (κ3) is 3.96. The number of piperazine rings is 1. The number of aryl methyl sites for hydroxylation is 1. The van der Waals surface area contributed by atoms with Crippen molar-refractivity contribution in [2.45, 2.75) is 32.7 Å². The average molecular weight is 439 g/mol. The van der Waals surface area contributed by atoms with E-state index in [9.17, 15) is 0 Å². The predicted molar refractivity (Wildman–Crippen MR) is 126 cm³/mol. The fourth-order valence-electron chi connectivity index (χ4n) is 4.85. The number of ether oxygens (including phenoxy) is 2. The maximum Gasteiger partial charge on any atom is 0.161 e. The van der Waals surface area contributed by atoms with Gasteiger partial charge in [-0.05, 0) is 48.4 Å². The summed E-state index contributed by atoms with van der Waals surface area (Å²) in [4.78, 5) is 17.0. The van der Waals surface area contributed by atoms with Gasteiger partial charge >= 0.3 is 0 Å². The monoisotopic (exact) mass is 438 g/mol. The molecule has 1 fully saturated rings. The number of aromatic nitrogens is 2. The number of hydrogen-bond donors (Lipinski definition) is 0. The van der Waals surface area contributed by atoms with Crippen LogP contribution in [-0.2, 0) is 19.4 Å². The molecule has 0 saturated carbocycles. The Kier molecular flexibility index (Phi) is 5.71. The number of rotatable bonds is 5. The van der Waals surface area contributed by atoms with E-state index < -0.39 is 0 Å². The van der Waals surface area contributed by atoms with Gasteiger partial charge in [-0.2, -0.15) is 0 Å². The van der Waals surface area contributed by atoms with Crippen molar-refractivity contribution in [3.8, 4) is 11.5 Å². The molecule has 31 heavy (non-hydrogen) atoms. The summed E-state index contributed by atoms with van der Waals surface area (Å²) in [5.41, 5.74) is 2.76. The van der Waals surface area contributed by atoms with Gasteiger partial charge in [-0.15, -0.1) is 11.3 Å². The molecule has 1 atom stereocenters. The van der Waals surface area contributed by atoms with E-state index in [0.717, 1.165) is 67.2 Å². The Hall–Kier alpha value is -2.38. The summed E-state index contributed by atoms with van der Waals surface area (Å²) in [6.45, 7) is 7.28. The maximum atomic E-state index is 5.46. The Labute approximate surface area is 187 Å². The number of hydrogen-bond acceptors (Lipinski definition) is 7. The predicted octanol–water partition coefficient (Wildman–Crippen LogP) is 4.16. The molecular formula is C24H30N4O2S. The summed E-state index contributed by atoms with van der Waals surface area (Å²) in [7, 11) is 3.36. The van der Waals surface area contributed by atoms with Crippen molar-refractivity contribution in [3.05, 3.63) is 40.5 Å². The van der Waals surface area contributed by atoms with Gasteiger partial charge in [0.1, 0.15) is 17.0 Å². The van der Waals surface area contributed by atoms with Crippen LogP contribution in [-0.4, -0.2) is 55.3 Å². The van der Waals surface area contributed by atoms with Crippen molar-refractivity contribution in [3.63, 3.8) is 0 Å². The summed E-state index contributed by atoms with van der Waals surface area (Å²) in [6.07, 6.45) is 5.37. The van der Waals surface area contributed by atoms with E-state index in [0.29, 0.717) is 0 Å². The smallest absolute Gasteiger partial charge is 0.161 e. The Morgan fingerprint density at radius 3 is 2.65 bits per heavy atom. The molecule has 1 saturated heterocycles. The van der Waals surface area contributed by atoms with Crippen LogP contribution >= 0.6 is 11.3 Å². The summed E-state index contributed by atoms with van der Waals surface area (Å²) >= 11 is 1.88. The number of anilines is 1. The van der Waals surface area contributed by atoms with Gasteiger partial charge in [0.2, 0.25) is 0 Å². The SMILES string of the molecule is COc1ccc(CN2CCN(c3ncnc4sc5c(c34)CCC(C)C5)CC2)cc1OC. The van der Waals surface area contributed by atoms with Crippen LogP contribution in [0.5, 0.6) is 11.5 Å². The van der Waals surface area contributed by atoms with Gasteiger partial charge in [0, 0.05) is 37.6 Å². The van der Waals surface area contributed by atoms with E-state index in [4.69, 9.17) is 14.5 Å². The lowest BCUT2D eigenvalue weighted by Crippen LogP contribution is -2.46. The van der Waals surface area contributed by atoms with Crippen molar-refractivity contribution in [2.75, 3.05) is 45.3 Å². The minimum atomic E-state index is 0.775. The van der Waals surface area contributed by atoms with Gasteiger partial charge in [0.05, 0.1) is 19.6 Å². The van der Waals surface area contributed by atoms with Crippen LogP contribution in [0.2, 0.25) is 0 Å². The van der Waals surface area contributed by atoms with Gasteiger partial charge in [-0.1, -0.05) is 13.0 Å². The summed E-state index contributed by atoms with van der Waals surface area (Å²) < 4.78 is 10.8. The zero-order valence-corrected chi connectivity index (χ0v) is 19.4. The number of methoxy groups -OCH3 is 2. The highest BCUT2D eigenvalue weighted by molar-refractivity contribution is 7.19. The van der Waals surface area contributed by atoms with Crippen molar-refractivity contribution in [1.82, 2.24) is 14.9 Å². The Morgan fingerprint density at radius 1 is 1.06 bits per heavy atom. The molecule has 5 rings (SSSR count). The fraction of sp³-hybridized carbons (Fsp3) is 0.500. The zero-order chi connectivity index (χ0) is 21.4. The molecule has 1 aliphatic carbocycles. The number of nitrogens with zero attached hydrogens (tertiary/aromatic N) is 4. The lowest BCUT2D eigenvalue weighted by Gasteiger charge is -2.36. The number of benzene rings is 1. The lowest BCUT2D eigenvalue weighted by atomic mass is 9.89. The van der Waals surface area contributed by atoms with E-state index in [2.05, 4.69) is 33.8 Å². The molecule has 0 N–H and O–H groups in total. The normalized spacial score (nSPS) is 19.5. The third-order valence-corrected chi connectivity index (χ3v) is 7.76. The quantitative estimate of drug-likeness (QED) is 0.596. The molecule has 0 bridgehead atoms. The topological polar surface area (TPSA) is 50.7 Å². The highest BCUT2D eigenvalue weighted by Gasteiger charge is 2.26. The minimum Gasteiger partial charge on any atom is -0.493 e. The average Bonchev–Trinajstić information content (AvgIpc) is 3.17. The molecule has 164 valence electrons. The van der Waals surface area contributed by atoms with Gasteiger partial charge in [-0.3, -0.25) is 4.90 Å². The second-order valence-electron chi connectivity index (χ2n) is 8.68. The molecular weight excluding hydrogens is 408 g/mol. The number of fused-ring (bicyclic) bond motifs is 3. The van der Waals surface area contributed by atoms with E-state index in [-0.39, 0.29) is 0 Å². The first-order valence-electron chi connectivity index (χ1n) is 11.1. The zero-order valence-electron chi connectivity index (χ0n) is 18.6. The van der Waals surface area contributed by atoms with Crippen molar-refractivity contribution >= 4 is 27.4 Å². The first-order valence-corrected chi connectivity index (χ1v) is 11.9. The molecule has 3 aromatic rings. The molecule has 1 unspecified atom stereocenters. The third-order valence-electron chi connectivity index (χ3n) is 6.60. The minimum absolute atomic E-state index is 0.775. The highest BCUT2D eigenvalue weighted by atomic mass is 32.1. The fourth-order valence-corrected chi connectivity index (χ4v) is 6.20. The van der Waals surface area contributed by atoms with Gasteiger partial charge in [-0.25, -0.2) is 9.97 Å².